The van der Waals surface area contributed by atoms with Gasteiger partial charge in [0, 0.05) is 24.2 Å². The summed E-state index contributed by atoms with van der Waals surface area (Å²) >= 11 is 0. The third-order valence-electron chi connectivity index (χ3n) is 2.28. The zero-order chi connectivity index (χ0) is 14.3. The topological polar surface area (TPSA) is 98.7 Å². The number of amides is 2. The molecule has 0 aromatic heterocycles. The minimum atomic E-state index is -1.48. The number of urea groups is 1. The molecule has 1 aromatic rings. The van der Waals surface area contributed by atoms with Crippen LogP contribution in [0.15, 0.2) is 24.3 Å². The number of nitrogens with one attached hydrogen (secondary N) is 2. The predicted molar refractivity (Wildman–Crippen MR) is 69.7 cm³/mol. The van der Waals surface area contributed by atoms with E-state index in [-0.39, 0.29) is 13.0 Å². The van der Waals surface area contributed by atoms with E-state index in [1.165, 1.54) is 0 Å². The Kier molecular flexibility index (Phi) is 5.38. The molecule has 0 fully saturated rings. The maximum atomic E-state index is 11.5. The highest BCUT2D eigenvalue weighted by Gasteiger charge is 2.12. The van der Waals surface area contributed by atoms with Gasteiger partial charge < -0.3 is 20.8 Å². The first-order valence-electron chi connectivity index (χ1n) is 5.55. The molecule has 1 aromatic carbocycles. The molecule has 2 amide bonds. The van der Waals surface area contributed by atoms with Crippen molar-refractivity contribution in [2.24, 2.45) is 0 Å². The summed E-state index contributed by atoms with van der Waals surface area (Å²) in [5.74, 6) is 1.13. The third kappa shape index (κ3) is 5.10. The number of rotatable bonds is 5. The number of hydrogen-bond donors (Lipinski definition) is 4. The first kappa shape index (κ1) is 14.5. The molecule has 6 heteroatoms. The second-order valence-corrected chi connectivity index (χ2v) is 3.75. The van der Waals surface area contributed by atoms with E-state index in [1.807, 2.05) is 0 Å². The van der Waals surface area contributed by atoms with E-state index < -0.39 is 18.1 Å². The van der Waals surface area contributed by atoms with Crippen molar-refractivity contribution in [3.05, 3.63) is 29.8 Å². The fourth-order valence-electron chi connectivity index (χ4n) is 1.31. The van der Waals surface area contributed by atoms with Crippen LogP contribution in [-0.4, -0.2) is 34.9 Å². The van der Waals surface area contributed by atoms with Gasteiger partial charge in [0.1, 0.15) is 0 Å². The van der Waals surface area contributed by atoms with E-state index in [4.69, 9.17) is 16.6 Å². The van der Waals surface area contributed by atoms with Crippen molar-refractivity contribution in [1.82, 2.24) is 5.32 Å². The molecule has 0 heterocycles. The van der Waals surface area contributed by atoms with Gasteiger partial charge in [-0.2, -0.15) is 0 Å². The van der Waals surface area contributed by atoms with Crippen LogP contribution < -0.4 is 10.6 Å². The molecule has 1 rings (SSSR count). The number of aliphatic hydroxyl groups excluding tert-OH is 1. The summed E-state index contributed by atoms with van der Waals surface area (Å²) in [6, 6.07) is 6.25. The van der Waals surface area contributed by atoms with E-state index in [2.05, 4.69) is 16.6 Å². The number of aliphatic hydroxyl groups is 1. The lowest BCUT2D eigenvalue weighted by Gasteiger charge is -2.09. The van der Waals surface area contributed by atoms with Crippen LogP contribution in [0.4, 0.5) is 10.5 Å². The Morgan fingerprint density at radius 2 is 2.16 bits per heavy atom. The van der Waals surface area contributed by atoms with Gasteiger partial charge >= 0.3 is 12.0 Å². The maximum Gasteiger partial charge on any atom is 0.332 e. The van der Waals surface area contributed by atoms with Crippen molar-refractivity contribution in [2.45, 2.75) is 12.5 Å². The number of anilines is 1. The Bertz CT molecular complexity index is 508. The highest BCUT2D eigenvalue weighted by Crippen LogP contribution is 2.09. The lowest BCUT2D eigenvalue weighted by molar-refractivity contribution is -0.146. The number of hydrogen-bond acceptors (Lipinski definition) is 3. The highest BCUT2D eigenvalue weighted by molar-refractivity contribution is 5.89. The summed E-state index contributed by atoms with van der Waals surface area (Å²) < 4.78 is 0. The van der Waals surface area contributed by atoms with Gasteiger partial charge in [-0.3, -0.25) is 0 Å². The van der Waals surface area contributed by atoms with Gasteiger partial charge in [-0.1, -0.05) is 12.0 Å². The van der Waals surface area contributed by atoms with Crippen molar-refractivity contribution in [3.63, 3.8) is 0 Å². The smallest absolute Gasteiger partial charge is 0.332 e. The van der Waals surface area contributed by atoms with Crippen LogP contribution in [0.5, 0.6) is 0 Å². The van der Waals surface area contributed by atoms with Crippen LogP contribution in [0, 0.1) is 12.3 Å². The second-order valence-electron chi connectivity index (χ2n) is 3.75. The number of benzene rings is 1. The van der Waals surface area contributed by atoms with Crippen molar-refractivity contribution >= 4 is 17.7 Å². The van der Waals surface area contributed by atoms with Gasteiger partial charge in [0.15, 0.2) is 6.10 Å². The SMILES string of the molecule is C#Cc1cccc(NC(=O)NCCC(O)C(=O)O)c1. The van der Waals surface area contributed by atoms with Crippen molar-refractivity contribution < 1.29 is 19.8 Å². The number of carboxylic acids is 1. The van der Waals surface area contributed by atoms with Gasteiger partial charge in [-0.15, -0.1) is 6.42 Å². The Morgan fingerprint density at radius 3 is 2.79 bits per heavy atom. The highest BCUT2D eigenvalue weighted by atomic mass is 16.4. The summed E-state index contributed by atoms with van der Waals surface area (Å²) in [4.78, 5) is 21.8. The van der Waals surface area contributed by atoms with E-state index in [0.29, 0.717) is 11.3 Å². The largest absolute Gasteiger partial charge is 0.479 e. The zero-order valence-corrected chi connectivity index (χ0v) is 10.1. The van der Waals surface area contributed by atoms with Crippen LogP contribution in [0.2, 0.25) is 0 Å². The summed E-state index contributed by atoms with van der Waals surface area (Å²) in [5, 5.41) is 22.4. The number of carboxylic acid groups (broad SMARTS) is 1. The van der Waals surface area contributed by atoms with Gasteiger partial charge in [0.2, 0.25) is 0 Å². The average Bonchev–Trinajstić information content (AvgIpc) is 2.38. The first-order chi connectivity index (χ1) is 9.02. The summed E-state index contributed by atoms with van der Waals surface area (Å²) in [5.41, 5.74) is 1.17. The van der Waals surface area contributed by atoms with E-state index in [9.17, 15) is 9.59 Å². The molecule has 6 nitrogen and oxygen atoms in total. The van der Waals surface area contributed by atoms with E-state index in [0.717, 1.165) is 0 Å². The molecule has 0 saturated heterocycles. The minimum Gasteiger partial charge on any atom is -0.479 e. The van der Waals surface area contributed by atoms with Gasteiger partial charge in [-0.25, -0.2) is 9.59 Å². The molecule has 1 atom stereocenters. The second kappa shape index (κ2) is 7.03. The van der Waals surface area contributed by atoms with Crippen LogP contribution >= 0.6 is 0 Å². The van der Waals surface area contributed by atoms with E-state index >= 15 is 0 Å². The van der Waals surface area contributed by atoms with Gasteiger partial charge in [0.25, 0.3) is 0 Å². The first-order valence-corrected chi connectivity index (χ1v) is 5.55. The van der Waals surface area contributed by atoms with Crippen LogP contribution in [-0.2, 0) is 4.79 Å². The van der Waals surface area contributed by atoms with Crippen molar-refractivity contribution in [2.75, 3.05) is 11.9 Å². The molecule has 0 spiro atoms. The summed E-state index contributed by atoms with van der Waals surface area (Å²) in [7, 11) is 0. The molecular weight excluding hydrogens is 248 g/mol. The molecule has 19 heavy (non-hydrogen) atoms. The molecule has 100 valence electrons. The molecule has 0 radical (unpaired) electrons. The number of aliphatic carboxylic acids is 1. The molecular formula is C13H14N2O4. The average molecular weight is 262 g/mol. The van der Waals surface area contributed by atoms with E-state index in [1.54, 1.807) is 24.3 Å². The summed E-state index contributed by atoms with van der Waals surface area (Å²) in [6.07, 6.45) is 3.69. The van der Waals surface area contributed by atoms with Crippen LogP contribution in [0.3, 0.4) is 0 Å². The van der Waals surface area contributed by atoms with Crippen molar-refractivity contribution in [3.8, 4) is 12.3 Å². The fourth-order valence-corrected chi connectivity index (χ4v) is 1.31. The Morgan fingerprint density at radius 1 is 1.42 bits per heavy atom. The van der Waals surface area contributed by atoms with Gasteiger partial charge in [-0.05, 0) is 18.2 Å². The lowest BCUT2D eigenvalue weighted by atomic mass is 10.2. The Hall–Kier alpha value is -2.52. The molecule has 0 bridgehead atoms. The van der Waals surface area contributed by atoms with Crippen molar-refractivity contribution in [1.29, 1.82) is 0 Å². The zero-order valence-electron chi connectivity index (χ0n) is 10.1. The molecule has 1 unspecified atom stereocenters. The normalized spacial score (nSPS) is 11.2. The molecule has 0 aliphatic carbocycles. The molecule has 4 N–H and O–H groups in total. The fraction of sp³-hybridized carbons (Fsp3) is 0.231. The van der Waals surface area contributed by atoms with Crippen LogP contribution in [0.25, 0.3) is 0 Å². The monoisotopic (exact) mass is 262 g/mol. The number of carbonyl (C=O) groups excluding carboxylic acids is 1. The Labute approximate surface area is 110 Å². The summed E-state index contributed by atoms with van der Waals surface area (Å²) in [6.45, 7) is 0.0497. The minimum absolute atomic E-state index is 0.0497. The molecule has 0 aliphatic heterocycles. The number of carbonyl (C=O) groups is 2. The molecule has 0 aliphatic rings. The lowest BCUT2D eigenvalue weighted by Crippen LogP contribution is -2.33. The quantitative estimate of drug-likeness (QED) is 0.585. The number of terminal acetylenes is 1. The predicted octanol–water partition coefficient (Wildman–Crippen LogP) is 0.625. The van der Waals surface area contributed by atoms with Gasteiger partial charge in [0.05, 0.1) is 0 Å². The maximum absolute atomic E-state index is 11.5. The Balaban J connectivity index is 2.39. The third-order valence-corrected chi connectivity index (χ3v) is 2.28. The van der Waals surface area contributed by atoms with Crippen LogP contribution in [0.1, 0.15) is 12.0 Å². The standard InChI is InChI=1S/C13H14N2O4/c1-2-9-4-3-5-10(8-9)15-13(19)14-7-6-11(16)12(17)18/h1,3-5,8,11,16H,6-7H2,(H,17,18)(H2,14,15,19). The molecule has 0 saturated carbocycles.